The van der Waals surface area contributed by atoms with E-state index < -0.39 is 12.1 Å². The van der Waals surface area contributed by atoms with Crippen molar-refractivity contribution in [1.82, 2.24) is 0 Å². The van der Waals surface area contributed by atoms with Crippen LogP contribution in [0, 0.1) is 0 Å². The van der Waals surface area contributed by atoms with Gasteiger partial charge in [0.05, 0.1) is 10.1 Å². The van der Waals surface area contributed by atoms with Gasteiger partial charge in [-0.1, -0.05) is 44.2 Å². The minimum atomic E-state index is -0.881. The van der Waals surface area contributed by atoms with Crippen molar-refractivity contribution in [2.24, 2.45) is 0 Å². The van der Waals surface area contributed by atoms with Crippen molar-refractivity contribution in [1.29, 1.82) is 0 Å². The van der Waals surface area contributed by atoms with E-state index in [4.69, 9.17) is 4.74 Å². The zero-order valence-electron chi connectivity index (χ0n) is 16.3. The SMILES string of the molecule is CC(C)c1ccccc1NC(=O)[C@H](C)OC(=O)c1ccc(C2SCCS2)cc1. The maximum atomic E-state index is 12.5. The second-order valence-electron chi connectivity index (χ2n) is 6.97. The van der Waals surface area contributed by atoms with Crippen LogP contribution in [0.4, 0.5) is 5.69 Å². The number of carbonyl (C=O) groups excluding carboxylic acids is 2. The molecule has 1 atom stereocenters. The molecule has 0 saturated carbocycles. The Kier molecular flexibility index (Phi) is 7.08. The van der Waals surface area contributed by atoms with Crippen LogP contribution in [0.1, 0.15) is 52.8 Å². The lowest BCUT2D eigenvalue weighted by molar-refractivity contribution is -0.123. The van der Waals surface area contributed by atoms with Gasteiger partial charge in [0.15, 0.2) is 6.10 Å². The molecule has 3 rings (SSSR count). The van der Waals surface area contributed by atoms with Gasteiger partial charge in [-0.15, -0.1) is 23.5 Å². The van der Waals surface area contributed by atoms with Gasteiger partial charge < -0.3 is 10.1 Å². The first-order chi connectivity index (χ1) is 13.5. The second kappa shape index (κ2) is 9.52. The zero-order valence-corrected chi connectivity index (χ0v) is 17.9. The molecule has 28 heavy (non-hydrogen) atoms. The van der Waals surface area contributed by atoms with Gasteiger partial charge >= 0.3 is 5.97 Å². The number of carbonyl (C=O) groups is 2. The van der Waals surface area contributed by atoms with Crippen molar-refractivity contribution < 1.29 is 14.3 Å². The molecule has 1 saturated heterocycles. The molecule has 0 unspecified atom stereocenters. The lowest BCUT2D eigenvalue weighted by Crippen LogP contribution is -2.30. The van der Waals surface area contributed by atoms with Crippen LogP contribution in [0.2, 0.25) is 0 Å². The van der Waals surface area contributed by atoms with E-state index in [2.05, 4.69) is 19.2 Å². The molecule has 1 amide bonds. The van der Waals surface area contributed by atoms with E-state index in [1.165, 1.54) is 5.56 Å². The van der Waals surface area contributed by atoms with Crippen LogP contribution in [-0.4, -0.2) is 29.5 Å². The number of amides is 1. The van der Waals surface area contributed by atoms with E-state index in [-0.39, 0.29) is 11.8 Å². The van der Waals surface area contributed by atoms with E-state index in [1.807, 2.05) is 59.9 Å². The third-order valence-electron chi connectivity index (χ3n) is 4.53. The van der Waals surface area contributed by atoms with Gasteiger partial charge in [0.25, 0.3) is 5.91 Å². The number of hydrogen-bond donors (Lipinski definition) is 1. The van der Waals surface area contributed by atoms with Crippen molar-refractivity contribution in [2.75, 3.05) is 16.8 Å². The molecule has 2 aromatic carbocycles. The van der Waals surface area contributed by atoms with Crippen LogP contribution in [-0.2, 0) is 9.53 Å². The standard InChI is InChI=1S/C22H25NO3S2/c1-14(2)18-6-4-5-7-19(18)23-20(24)15(3)26-21(25)16-8-10-17(11-9-16)22-27-12-13-28-22/h4-11,14-15,22H,12-13H2,1-3H3,(H,23,24)/t15-/m0/s1. The normalized spacial score (nSPS) is 15.4. The highest BCUT2D eigenvalue weighted by Gasteiger charge is 2.22. The lowest BCUT2D eigenvalue weighted by atomic mass is 10.0. The van der Waals surface area contributed by atoms with Crippen molar-refractivity contribution in [2.45, 2.75) is 37.4 Å². The minimum absolute atomic E-state index is 0.282. The topological polar surface area (TPSA) is 55.4 Å². The molecule has 1 fully saturated rings. The zero-order chi connectivity index (χ0) is 20.1. The summed E-state index contributed by atoms with van der Waals surface area (Å²) in [5, 5.41) is 2.87. The monoisotopic (exact) mass is 415 g/mol. The first-order valence-corrected chi connectivity index (χ1v) is 11.5. The van der Waals surface area contributed by atoms with E-state index in [0.717, 1.165) is 22.8 Å². The maximum absolute atomic E-state index is 12.5. The summed E-state index contributed by atoms with van der Waals surface area (Å²) < 4.78 is 5.82. The van der Waals surface area contributed by atoms with Crippen LogP contribution in [0.15, 0.2) is 48.5 Å². The Labute approximate surface area is 174 Å². The quantitative estimate of drug-likeness (QED) is 0.634. The fourth-order valence-electron chi connectivity index (χ4n) is 2.96. The summed E-state index contributed by atoms with van der Waals surface area (Å²) in [7, 11) is 0. The molecule has 4 nitrogen and oxygen atoms in total. The summed E-state index contributed by atoms with van der Waals surface area (Å²) in [6.07, 6.45) is -0.881. The summed E-state index contributed by atoms with van der Waals surface area (Å²) in [4.78, 5) is 24.9. The Balaban J connectivity index is 1.60. The number of para-hydroxylation sites is 1. The molecule has 2 aromatic rings. The molecule has 0 radical (unpaired) electrons. The number of ether oxygens (including phenoxy) is 1. The Bertz CT molecular complexity index is 830. The molecular formula is C22H25NO3S2. The summed E-state index contributed by atoms with van der Waals surface area (Å²) >= 11 is 3.84. The molecule has 6 heteroatoms. The van der Waals surface area contributed by atoms with Crippen LogP contribution in [0.3, 0.4) is 0 Å². The predicted octanol–water partition coefficient (Wildman–Crippen LogP) is 5.47. The number of esters is 1. The van der Waals surface area contributed by atoms with Gasteiger partial charge in [-0.2, -0.15) is 0 Å². The first-order valence-electron chi connectivity index (χ1n) is 9.39. The van der Waals surface area contributed by atoms with Gasteiger partial charge in [0.1, 0.15) is 0 Å². The summed E-state index contributed by atoms with van der Waals surface area (Å²) in [6, 6.07) is 15.2. The second-order valence-corrected chi connectivity index (χ2v) is 9.70. The molecule has 1 aliphatic rings. The average Bonchev–Trinajstić information content (AvgIpc) is 3.23. The fraction of sp³-hybridized carbons (Fsp3) is 0.364. The Morgan fingerprint density at radius 1 is 1.00 bits per heavy atom. The molecule has 1 aliphatic heterocycles. The van der Waals surface area contributed by atoms with E-state index >= 15 is 0 Å². The average molecular weight is 416 g/mol. The smallest absolute Gasteiger partial charge is 0.338 e. The number of rotatable bonds is 6. The van der Waals surface area contributed by atoms with Crippen LogP contribution in [0.25, 0.3) is 0 Å². The summed E-state index contributed by atoms with van der Waals surface area (Å²) in [6.45, 7) is 5.73. The molecule has 1 N–H and O–H groups in total. The summed E-state index contributed by atoms with van der Waals surface area (Å²) in [5.74, 6) is 1.77. The number of nitrogens with one attached hydrogen (secondary N) is 1. The van der Waals surface area contributed by atoms with Crippen molar-refractivity contribution >= 4 is 41.1 Å². The Morgan fingerprint density at radius 2 is 1.64 bits per heavy atom. The number of benzene rings is 2. The lowest BCUT2D eigenvalue weighted by Gasteiger charge is -2.17. The van der Waals surface area contributed by atoms with Crippen LogP contribution in [0.5, 0.6) is 0 Å². The van der Waals surface area contributed by atoms with Crippen LogP contribution >= 0.6 is 23.5 Å². The maximum Gasteiger partial charge on any atom is 0.338 e. The number of hydrogen-bond acceptors (Lipinski definition) is 5. The van der Waals surface area contributed by atoms with E-state index in [1.54, 1.807) is 19.1 Å². The van der Waals surface area contributed by atoms with E-state index in [0.29, 0.717) is 10.1 Å². The van der Waals surface area contributed by atoms with Crippen LogP contribution < -0.4 is 5.32 Å². The van der Waals surface area contributed by atoms with Crippen molar-refractivity contribution in [3.8, 4) is 0 Å². The minimum Gasteiger partial charge on any atom is -0.449 e. The van der Waals surface area contributed by atoms with Crippen molar-refractivity contribution in [3.05, 3.63) is 65.2 Å². The highest BCUT2D eigenvalue weighted by Crippen LogP contribution is 2.45. The van der Waals surface area contributed by atoms with E-state index in [9.17, 15) is 9.59 Å². The Hall–Kier alpha value is -1.92. The van der Waals surface area contributed by atoms with Gasteiger partial charge in [-0.3, -0.25) is 4.79 Å². The molecule has 0 aliphatic carbocycles. The first kappa shape index (κ1) is 20.8. The van der Waals surface area contributed by atoms with Gasteiger partial charge in [-0.25, -0.2) is 4.79 Å². The number of anilines is 1. The molecule has 148 valence electrons. The largest absolute Gasteiger partial charge is 0.449 e. The predicted molar refractivity (Wildman–Crippen MR) is 118 cm³/mol. The fourth-order valence-corrected chi connectivity index (χ4v) is 5.82. The number of thioether (sulfide) groups is 2. The van der Waals surface area contributed by atoms with Gasteiger partial charge in [-0.05, 0) is 42.2 Å². The summed E-state index contributed by atoms with van der Waals surface area (Å²) in [5.41, 5.74) is 3.47. The highest BCUT2D eigenvalue weighted by molar-refractivity contribution is 8.19. The highest BCUT2D eigenvalue weighted by atomic mass is 32.2. The molecule has 1 heterocycles. The molecule has 0 spiro atoms. The Morgan fingerprint density at radius 3 is 2.29 bits per heavy atom. The third-order valence-corrected chi connectivity index (χ3v) is 7.64. The van der Waals surface area contributed by atoms with Crippen molar-refractivity contribution in [3.63, 3.8) is 0 Å². The molecular weight excluding hydrogens is 390 g/mol. The molecule has 0 bridgehead atoms. The van der Waals surface area contributed by atoms with Gasteiger partial charge in [0.2, 0.25) is 0 Å². The third kappa shape index (κ3) is 5.11. The molecule has 0 aromatic heterocycles. The van der Waals surface area contributed by atoms with Gasteiger partial charge in [0, 0.05) is 17.2 Å².